The van der Waals surface area contributed by atoms with Crippen molar-refractivity contribution >= 4 is 11.6 Å². The predicted molar refractivity (Wildman–Crippen MR) is 72.3 cm³/mol. The van der Waals surface area contributed by atoms with Gasteiger partial charge >= 0.3 is 0 Å². The van der Waals surface area contributed by atoms with Gasteiger partial charge in [0.05, 0.1) is 6.54 Å². The molecule has 6 nitrogen and oxygen atoms in total. The van der Waals surface area contributed by atoms with Crippen molar-refractivity contribution in [3.63, 3.8) is 0 Å². The molecule has 2 aromatic rings. The molecule has 2 aromatic heterocycles. The van der Waals surface area contributed by atoms with Crippen LogP contribution in [-0.2, 0) is 6.54 Å². The van der Waals surface area contributed by atoms with Crippen molar-refractivity contribution in [2.45, 2.75) is 19.5 Å². The van der Waals surface area contributed by atoms with E-state index in [9.17, 15) is 0 Å². The van der Waals surface area contributed by atoms with Gasteiger partial charge in [-0.05, 0) is 19.1 Å². The summed E-state index contributed by atoms with van der Waals surface area (Å²) < 4.78 is 0. The zero-order chi connectivity index (χ0) is 12.8. The highest BCUT2D eigenvalue weighted by Gasteiger charge is 2.00. The summed E-state index contributed by atoms with van der Waals surface area (Å²) in [5.41, 5.74) is 6.79. The van der Waals surface area contributed by atoms with Crippen molar-refractivity contribution in [1.29, 1.82) is 0 Å². The molecule has 0 spiro atoms. The minimum atomic E-state index is 0.0929. The van der Waals surface area contributed by atoms with E-state index >= 15 is 0 Å². The summed E-state index contributed by atoms with van der Waals surface area (Å²) >= 11 is 0. The van der Waals surface area contributed by atoms with Gasteiger partial charge in [-0.3, -0.25) is 0 Å². The highest BCUT2D eigenvalue weighted by Crippen LogP contribution is 2.09. The molecule has 1 unspecified atom stereocenters. The van der Waals surface area contributed by atoms with Gasteiger partial charge in [0.25, 0.3) is 0 Å². The molecule has 6 heteroatoms. The normalized spacial score (nSPS) is 12.1. The summed E-state index contributed by atoms with van der Waals surface area (Å²) in [6, 6.07) is 5.94. The van der Waals surface area contributed by atoms with Crippen molar-refractivity contribution in [2.75, 3.05) is 17.2 Å². The van der Waals surface area contributed by atoms with Crippen LogP contribution in [0.5, 0.6) is 0 Å². The van der Waals surface area contributed by atoms with Crippen molar-refractivity contribution in [3.8, 4) is 0 Å². The fourth-order valence-corrected chi connectivity index (χ4v) is 1.48. The van der Waals surface area contributed by atoms with Crippen LogP contribution in [-0.4, -0.2) is 27.5 Å². The molecule has 2 heterocycles. The summed E-state index contributed by atoms with van der Waals surface area (Å²) in [6.07, 6.45) is 3.42. The van der Waals surface area contributed by atoms with E-state index in [2.05, 4.69) is 25.6 Å². The zero-order valence-corrected chi connectivity index (χ0v) is 10.4. The van der Waals surface area contributed by atoms with Gasteiger partial charge in [0.15, 0.2) is 0 Å². The summed E-state index contributed by atoms with van der Waals surface area (Å²) in [4.78, 5) is 11.4. The van der Waals surface area contributed by atoms with Crippen molar-refractivity contribution in [3.05, 3.63) is 36.4 Å². The summed E-state index contributed by atoms with van der Waals surface area (Å²) in [6.45, 7) is 3.34. The Hall–Kier alpha value is -2.08. The van der Waals surface area contributed by atoms with Crippen LogP contribution in [0.1, 0.15) is 12.6 Å². The van der Waals surface area contributed by atoms with Crippen LogP contribution < -0.4 is 16.4 Å². The van der Waals surface area contributed by atoms with E-state index in [1.165, 1.54) is 6.33 Å². The number of rotatable bonds is 6. The fraction of sp³-hybridized carbons (Fsp3) is 0.333. The van der Waals surface area contributed by atoms with E-state index in [0.29, 0.717) is 13.1 Å². The summed E-state index contributed by atoms with van der Waals surface area (Å²) in [5, 5.41) is 6.38. The maximum atomic E-state index is 5.68. The fourth-order valence-electron chi connectivity index (χ4n) is 1.48. The molecular weight excluding hydrogens is 228 g/mol. The van der Waals surface area contributed by atoms with E-state index in [-0.39, 0.29) is 6.04 Å². The molecule has 5 N–H and O–H groups in total. The van der Waals surface area contributed by atoms with E-state index in [1.54, 1.807) is 0 Å². The van der Waals surface area contributed by atoms with Crippen LogP contribution in [0.4, 0.5) is 11.6 Å². The number of hydrogen-bond acceptors (Lipinski definition) is 5. The first kappa shape index (κ1) is 12.4. The minimum Gasteiger partial charge on any atom is -0.368 e. The summed E-state index contributed by atoms with van der Waals surface area (Å²) in [5.74, 6) is 1.56. The smallest absolute Gasteiger partial charge is 0.131 e. The number of hydrogen-bond donors (Lipinski definition) is 4. The Kier molecular flexibility index (Phi) is 4.14. The Labute approximate surface area is 106 Å². The second kappa shape index (κ2) is 6.02. The molecule has 0 amide bonds. The maximum absolute atomic E-state index is 5.68. The number of aromatic amines is 1. The third-order valence-corrected chi connectivity index (χ3v) is 2.39. The van der Waals surface area contributed by atoms with Crippen LogP contribution in [0.2, 0.25) is 0 Å². The molecule has 1 atom stereocenters. The maximum Gasteiger partial charge on any atom is 0.131 e. The van der Waals surface area contributed by atoms with Crippen LogP contribution >= 0.6 is 0 Å². The lowest BCUT2D eigenvalue weighted by atomic mass is 10.3. The first-order valence-electron chi connectivity index (χ1n) is 5.91. The van der Waals surface area contributed by atoms with Gasteiger partial charge in [-0.25, -0.2) is 9.97 Å². The van der Waals surface area contributed by atoms with E-state index in [1.807, 2.05) is 31.3 Å². The average molecular weight is 246 g/mol. The molecule has 0 aliphatic rings. The molecular formula is C12H18N6. The quantitative estimate of drug-likeness (QED) is 0.614. The molecule has 0 aliphatic heterocycles. The highest BCUT2D eigenvalue weighted by atomic mass is 15.1. The Bertz CT molecular complexity index is 465. The van der Waals surface area contributed by atoms with Gasteiger partial charge in [-0.1, -0.05) is 0 Å². The van der Waals surface area contributed by atoms with Crippen LogP contribution in [0.15, 0.2) is 30.7 Å². The Morgan fingerprint density at radius 1 is 1.33 bits per heavy atom. The number of aromatic nitrogens is 3. The number of nitrogens with one attached hydrogen (secondary N) is 3. The van der Waals surface area contributed by atoms with Gasteiger partial charge in [0.1, 0.15) is 18.0 Å². The van der Waals surface area contributed by atoms with Gasteiger partial charge in [-0.2, -0.15) is 0 Å². The second-order valence-electron chi connectivity index (χ2n) is 4.20. The van der Waals surface area contributed by atoms with Gasteiger partial charge < -0.3 is 21.4 Å². The first-order valence-corrected chi connectivity index (χ1v) is 5.91. The molecule has 0 bridgehead atoms. The van der Waals surface area contributed by atoms with Crippen molar-refractivity contribution in [2.24, 2.45) is 5.73 Å². The molecule has 96 valence electrons. The van der Waals surface area contributed by atoms with Crippen LogP contribution in [0, 0.1) is 0 Å². The lowest BCUT2D eigenvalue weighted by molar-refractivity contribution is 0.777. The number of nitrogens with zero attached hydrogens (tertiary/aromatic N) is 2. The second-order valence-corrected chi connectivity index (χ2v) is 4.20. The third kappa shape index (κ3) is 3.74. The van der Waals surface area contributed by atoms with Crippen molar-refractivity contribution < 1.29 is 0 Å². The lowest BCUT2D eigenvalue weighted by Crippen LogP contribution is -2.25. The molecule has 18 heavy (non-hydrogen) atoms. The standard InChI is InChI=1S/C12H18N6/c1-9(13)6-15-11-5-12(18-8-17-11)16-7-10-3-2-4-14-10/h2-5,8-9,14H,6-7,13H2,1H3,(H2,15,16,17,18). The Morgan fingerprint density at radius 3 is 2.78 bits per heavy atom. The molecule has 0 saturated carbocycles. The lowest BCUT2D eigenvalue weighted by Gasteiger charge is -2.09. The molecule has 0 aliphatic carbocycles. The average Bonchev–Trinajstić information content (AvgIpc) is 2.87. The van der Waals surface area contributed by atoms with Gasteiger partial charge in [-0.15, -0.1) is 0 Å². The summed E-state index contributed by atoms with van der Waals surface area (Å²) in [7, 11) is 0. The number of nitrogens with two attached hydrogens (primary N) is 1. The Balaban J connectivity index is 1.90. The number of H-pyrrole nitrogens is 1. The van der Waals surface area contributed by atoms with Gasteiger partial charge in [0.2, 0.25) is 0 Å². The monoisotopic (exact) mass is 246 g/mol. The third-order valence-electron chi connectivity index (χ3n) is 2.39. The molecule has 0 aromatic carbocycles. The van der Waals surface area contributed by atoms with Crippen LogP contribution in [0.25, 0.3) is 0 Å². The van der Waals surface area contributed by atoms with E-state index < -0.39 is 0 Å². The van der Waals surface area contributed by atoms with E-state index in [0.717, 1.165) is 17.3 Å². The molecule has 2 rings (SSSR count). The zero-order valence-electron chi connectivity index (χ0n) is 10.4. The molecule has 0 radical (unpaired) electrons. The van der Waals surface area contributed by atoms with Crippen molar-refractivity contribution in [1.82, 2.24) is 15.0 Å². The molecule has 0 fully saturated rings. The van der Waals surface area contributed by atoms with E-state index in [4.69, 9.17) is 5.73 Å². The molecule has 0 saturated heterocycles. The minimum absolute atomic E-state index is 0.0929. The van der Waals surface area contributed by atoms with Crippen LogP contribution in [0.3, 0.4) is 0 Å². The van der Waals surface area contributed by atoms with Gasteiger partial charge in [0, 0.05) is 30.5 Å². The highest BCUT2D eigenvalue weighted by molar-refractivity contribution is 5.46. The largest absolute Gasteiger partial charge is 0.368 e. The predicted octanol–water partition coefficient (Wildman–Crippen LogP) is 1.18. The first-order chi connectivity index (χ1) is 8.74. The SMILES string of the molecule is CC(N)CNc1cc(NCc2ccc[nH]2)ncn1. The Morgan fingerprint density at radius 2 is 2.11 bits per heavy atom. The topological polar surface area (TPSA) is 91.7 Å². The number of anilines is 2.